The summed E-state index contributed by atoms with van der Waals surface area (Å²) in [5.74, 6) is 0.617. The Morgan fingerprint density at radius 3 is 2.66 bits per heavy atom. The molecule has 1 fully saturated rings. The minimum Gasteiger partial charge on any atom is -0.497 e. The predicted molar refractivity (Wildman–Crippen MR) is 116 cm³/mol. The number of hydrogen-bond donors (Lipinski definition) is 0. The van der Waals surface area contributed by atoms with E-state index in [1.807, 2.05) is 29.6 Å². The lowest BCUT2D eigenvalue weighted by Gasteiger charge is -2.23. The van der Waals surface area contributed by atoms with Crippen LogP contribution in [0, 0.1) is 0 Å². The summed E-state index contributed by atoms with van der Waals surface area (Å²) < 4.78 is 11.0. The molecular weight excluding hydrogens is 408 g/mol. The minimum absolute atomic E-state index is 0.0279. The molecule has 2 heterocycles. The van der Waals surface area contributed by atoms with Gasteiger partial charge in [0.25, 0.3) is 5.91 Å². The Hall–Kier alpha value is -2.41. The zero-order chi connectivity index (χ0) is 20.2. The van der Waals surface area contributed by atoms with Gasteiger partial charge in [0.2, 0.25) is 0 Å². The topological polar surface area (TPSA) is 51.7 Å². The maximum absolute atomic E-state index is 13.3. The Labute approximate surface area is 178 Å². The third-order valence-electron chi connectivity index (χ3n) is 4.86. The van der Waals surface area contributed by atoms with E-state index < -0.39 is 0 Å². The number of ether oxygens (including phenoxy) is 2. The van der Waals surface area contributed by atoms with Gasteiger partial charge in [-0.2, -0.15) is 0 Å². The average molecular weight is 429 g/mol. The van der Waals surface area contributed by atoms with Gasteiger partial charge in [0.05, 0.1) is 25.5 Å². The second kappa shape index (κ2) is 8.95. The van der Waals surface area contributed by atoms with E-state index in [1.165, 1.54) is 11.3 Å². The number of carbonyl (C=O) groups is 1. The molecule has 3 aromatic rings. The molecule has 0 aliphatic carbocycles. The van der Waals surface area contributed by atoms with Crippen molar-refractivity contribution in [2.75, 3.05) is 25.2 Å². The molecule has 1 amide bonds. The lowest BCUT2D eigenvalue weighted by Crippen LogP contribution is -2.37. The van der Waals surface area contributed by atoms with E-state index in [1.54, 1.807) is 36.3 Å². The number of hydrogen-bond acceptors (Lipinski definition) is 5. The molecule has 0 radical (unpaired) electrons. The van der Waals surface area contributed by atoms with Crippen LogP contribution in [-0.2, 0) is 4.74 Å². The van der Waals surface area contributed by atoms with E-state index in [4.69, 9.17) is 26.1 Å². The van der Waals surface area contributed by atoms with E-state index in [0.717, 1.165) is 30.7 Å². The van der Waals surface area contributed by atoms with Crippen molar-refractivity contribution in [2.24, 2.45) is 0 Å². The fourth-order valence-electron chi connectivity index (χ4n) is 3.27. The van der Waals surface area contributed by atoms with E-state index in [9.17, 15) is 4.79 Å². The lowest BCUT2D eigenvalue weighted by atomic mass is 10.1. The molecule has 7 heteroatoms. The molecule has 150 valence electrons. The Bertz CT molecular complexity index is 966. The molecule has 0 bridgehead atoms. The van der Waals surface area contributed by atoms with Crippen LogP contribution in [0.25, 0.3) is 11.3 Å². The van der Waals surface area contributed by atoms with Gasteiger partial charge < -0.3 is 9.47 Å². The number of thiazole rings is 1. The summed E-state index contributed by atoms with van der Waals surface area (Å²) in [5.41, 5.74) is 2.37. The van der Waals surface area contributed by atoms with Crippen molar-refractivity contribution in [1.82, 2.24) is 4.98 Å². The number of rotatable bonds is 6. The summed E-state index contributed by atoms with van der Waals surface area (Å²) >= 11 is 7.44. The summed E-state index contributed by atoms with van der Waals surface area (Å²) in [6, 6.07) is 14.7. The molecular formula is C22H21ClN2O3S. The molecule has 2 aromatic carbocycles. The van der Waals surface area contributed by atoms with Crippen LogP contribution in [0.2, 0.25) is 5.02 Å². The fourth-order valence-corrected chi connectivity index (χ4v) is 4.24. The second-order valence-corrected chi connectivity index (χ2v) is 8.07. The SMILES string of the molecule is COc1ccc(C(=O)N(CC2CCCO2)c2nc(-c3ccc(Cl)cc3)cs2)cc1. The van der Waals surface area contributed by atoms with E-state index >= 15 is 0 Å². The quantitative estimate of drug-likeness (QED) is 0.534. The van der Waals surface area contributed by atoms with Crippen LogP contribution in [0.15, 0.2) is 53.9 Å². The number of amides is 1. The summed E-state index contributed by atoms with van der Waals surface area (Å²) in [7, 11) is 1.61. The van der Waals surface area contributed by atoms with Gasteiger partial charge in [0.15, 0.2) is 5.13 Å². The number of anilines is 1. The largest absolute Gasteiger partial charge is 0.497 e. The molecule has 1 saturated heterocycles. The highest BCUT2D eigenvalue weighted by molar-refractivity contribution is 7.14. The molecule has 5 nitrogen and oxygen atoms in total. The average Bonchev–Trinajstić information content (AvgIpc) is 3.44. The van der Waals surface area contributed by atoms with Gasteiger partial charge in [0, 0.05) is 28.1 Å². The van der Waals surface area contributed by atoms with Crippen LogP contribution in [0.1, 0.15) is 23.2 Å². The van der Waals surface area contributed by atoms with E-state index in [-0.39, 0.29) is 12.0 Å². The highest BCUT2D eigenvalue weighted by atomic mass is 35.5. The Morgan fingerprint density at radius 1 is 1.24 bits per heavy atom. The molecule has 4 rings (SSSR count). The van der Waals surface area contributed by atoms with Crippen LogP contribution >= 0.6 is 22.9 Å². The number of nitrogens with zero attached hydrogens (tertiary/aromatic N) is 2. The van der Waals surface area contributed by atoms with Crippen molar-refractivity contribution in [2.45, 2.75) is 18.9 Å². The van der Waals surface area contributed by atoms with Gasteiger partial charge in [0.1, 0.15) is 5.75 Å². The van der Waals surface area contributed by atoms with Gasteiger partial charge >= 0.3 is 0 Å². The molecule has 1 aromatic heterocycles. The highest BCUT2D eigenvalue weighted by Crippen LogP contribution is 2.30. The van der Waals surface area contributed by atoms with E-state index in [2.05, 4.69) is 0 Å². The Balaban J connectivity index is 1.62. The monoisotopic (exact) mass is 428 g/mol. The molecule has 0 saturated carbocycles. The highest BCUT2D eigenvalue weighted by Gasteiger charge is 2.27. The van der Waals surface area contributed by atoms with Crippen LogP contribution in [0.5, 0.6) is 5.75 Å². The zero-order valence-corrected chi connectivity index (χ0v) is 17.6. The van der Waals surface area contributed by atoms with Crippen LogP contribution in [-0.4, -0.2) is 37.3 Å². The maximum atomic E-state index is 13.3. The van der Waals surface area contributed by atoms with Crippen LogP contribution in [0.3, 0.4) is 0 Å². The smallest absolute Gasteiger partial charge is 0.260 e. The molecule has 0 N–H and O–H groups in total. The van der Waals surface area contributed by atoms with Crippen molar-refractivity contribution in [3.8, 4) is 17.0 Å². The number of methoxy groups -OCH3 is 1. The number of benzene rings is 2. The third-order valence-corrected chi connectivity index (χ3v) is 5.97. The molecule has 1 unspecified atom stereocenters. The van der Waals surface area contributed by atoms with Gasteiger partial charge in [-0.15, -0.1) is 11.3 Å². The Kier molecular flexibility index (Phi) is 6.13. The van der Waals surface area contributed by atoms with Gasteiger partial charge in [-0.25, -0.2) is 4.98 Å². The fraction of sp³-hybridized carbons (Fsp3) is 0.273. The normalized spacial score (nSPS) is 16.0. The zero-order valence-electron chi connectivity index (χ0n) is 16.0. The van der Waals surface area contributed by atoms with Gasteiger partial charge in [-0.3, -0.25) is 9.69 Å². The number of carbonyl (C=O) groups excluding carboxylic acids is 1. The molecule has 1 aliphatic heterocycles. The third kappa shape index (κ3) is 4.61. The van der Waals surface area contributed by atoms with Crippen molar-refractivity contribution >= 4 is 34.0 Å². The predicted octanol–water partition coefficient (Wildman–Crippen LogP) is 5.30. The first-order valence-electron chi connectivity index (χ1n) is 9.43. The Morgan fingerprint density at radius 2 is 2.00 bits per heavy atom. The lowest BCUT2D eigenvalue weighted by molar-refractivity contribution is 0.0917. The van der Waals surface area contributed by atoms with Gasteiger partial charge in [-0.1, -0.05) is 23.7 Å². The maximum Gasteiger partial charge on any atom is 0.260 e. The summed E-state index contributed by atoms with van der Waals surface area (Å²) in [6.07, 6.45) is 1.99. The van der Waals surface area contributed by atoms with Crippen molar-refractivity contribution in [3.63, 3.8) is 0 Å². The van der Waals surface area contributed by atoms with Gasteiger partial charge in [-0.05, 0) is 49.2 Å². The van der Waals surface area contributed by atoms with Crippen LogP contribution in [0.4, 0.5) is 5.13 Å². The van der Waals surface area contributed by atoms with Crippen molar-refractivity contribution in [1.29, 1.82) is 0 Å². The standard InChI is InChI=1S/C22H21ClN2O3S/c1-27-18-10-6-16(7-11-18)21(26)25(13-19-3-2-12-28-19)22-24-20(14-29-22)15-4-8-17(23)9-5-15/h4-11,14,19H,2-3,12-13H2,1H3. The number of aromatic nitrogens is 1. The first-order chi connectivity index (χ1) is 14.1. The van der Waals surface area contributed by atoms with E-state index in [0.29, 0.717) is 28.0 Å². The van der Waals surface area contributed by atoms with Crippen molar-refractivity contribution in [3.05, 3.63) is 64.5 Å². The molecule has 1 atom stereocenters. The van der Waals surface area contributed by atoms with Crippen LogP contribution < -0.4 is 9.64 Å². The molecule has 0 spiro atoms. The first kappa shape index (κ1) is 19.9. The summed E-state index contributed by atoms with van der Waals surface area (Å²) in [4.78, 5) is 19.8. The van der Waals surface area contributed by atoms with Crippen molar-refractivity contribution < 1.29 is 14.3 Å². The molecule has 29 heavy (non-hydrogen) atoms. The minimum atomic E-state index is -0.0971. The summed E-state index contributed by atoms with van der Waals surface area (Å²) in [5, 5.41) is 3.30. The number of halogens is 1. The first-order valence-corrected chi connectivity index (χ1v) is 10.7. The molecule has 1 aliphatic rings. The summed E-state index contributed by atoms with van der Waals surface area (Å²) in [6.45, 7) is 1.22. The second-order valence-electron chi connectivity index (χ2n) is 6.80.